The summed E-state index contributed by atoms with van der Waals surface area (Å²) in [5, 5.41) is 0.632. The van der Waals surface area contributed by atoms with Crippen molar-refractivity contribution >= 4 is 33.8 Å². The van der Waals surface area contributed by atoms with E-state index in [1.54, 1.807) is 19.1 Å². The van der Waals surface area contributed by atoms with Crippen LogP contribution in [0, 0.1) is 6.92 Å². The number of ether oxygens (including phenoxy) is 4. The van der Waals surface area contributed by atoms with Gasteiger partial charge in [0.1, 0.15) is 0 Å². The molecular weight excluding hydrogens is 448 g/mol. The van der Waals surface area contributed by atoms with Gasteiger partial charge in [-0.25, -0.2) is 13.4 Å². The summed E-state index contributed by atoms with van der Waals surface area (Å²) in [5.74, 6) is -3.35. The van der Waals surface area contributed by atoms with E-state index in [0.717, 1.165) is 26.3 Å². The second-order valence-electron chi connectivity index (χ2n) is 7.29. The van der Waals surface area contributed by atoms with E-state index in [9.17, 15) is 27.6 Å². The van der Waals surface area contributed by atoms with Crippen LogP contribution in [-0.4, -0.2) is 67.9 Å². The van der Waals surface area contributed by atoms with Crippen molar-refractivity contribution in [3.63, 3.8) is 0 Å². The Labute approximate surface area is 183 Å². The van der Waals surface area contributed by atoms with E-state index in [0.29, 0.717) is 5.01 Å². The normalized spacial score (nSPS) is 27.1. The van der Waals surface area contributed by atoms with Gasteiger partial charge in [-0.05, 0) is 19.1 Å². The first-order valence-corrected chi connectivity index (χ1v) is 11.0. The van der Waals surface area contributed by atoms with Crippen LogP contribution < -0.4 is 4.83 Å². The minimum Gasteiger partial charge on any atom is -0.455 e. The van der Waals surface area contributed by atoms with Crippen LogP contribution in [0.1, 0.15) is 26.3 Å². The highest BCUT2D eigenvalue weighted by molar-refractivity contribution is 7.89. The molecule has 2 aliphatic heterocycles. The molecule has 2 heterocycles. The van der Waals surface area contributed by atoms with Gasteiger partial charge in [-0.2, -0.15) is 0 Å². The first-order chi connectivity index (χ1) is 14.9. The molecule has 0 radical (unpaired) electrons. The zero-order chi connectivity index (χ0) is 23.8. The van der Waals surface area contributed by atoms with E-state index in [-0.39, 0.29) is 4.90 Å². The number of benzene rings is 1. The van der Waals surface area contributed by atoms with Crippen LogP contribution >= 0.6 is 0 Å². The van der Waals surface area contributed by atoms with Crippen LogP contribution in [0.3, 0.4) is 0 Å². The lowest BCUT2D eigenvalue weighted by molar-refractivity contribution is -0.239. The Morgan fingerprint density at radius 2 is 1.41 bits per heavy atom. The summed E-state index contributed by atoms with van der Waals surface area (Å²) in [6.07, 6.45) is -7.35. The number of aryl methyl sites for hydroxylation is 1. The number of rotatable bonds is 6. The predicted molar refractivity (Wildman–Crippen MR) is 104 cm³/mol. The van der Waals surface area contributed by atoms with Gasteiger partial charge >= 0.3 is 17.9 Å². The number of nitrogens with one attached hydrogen (secondary N) is 1. The number of carbonyl (C=O) groups excluding carboxylic acids is 4. The first kappa shape index (κ1) is 23.6. The van der Waals surface area contributed by atoms with E-state index < -0.39 is 64.5 Å². The first-order valence-electron chi connectivity index (χ1n) is 9.50. The number of carbonyl (C=O) groups is 4. The lowest BCUT2D eigenvalue weighted by atomic mass is 10.00. The third-order valence-corrected chi connectivity index (χ3v) is 6.03. The zero-order valence-corrected chi connectivity index (χ0v) is 18.5. The van der Waals surface area contributed by atoms with Crippen LogP contribution in [0.15, 0.2) is 29.2 Å². The van der Waals surface area contributed by atoms with E-state index in [1.165, 1.54) is 12.1 Å². The number of hydrazine groups is 1. The van der Waals surface area contributed by atoms with Crippen molar-refractivity contribution in [2.45, 2.75) is 63.2 Å². The molecule has 1 aromatic rings. The molecule has 1 amide bonds. The molecule has 0 aliphatic carbocycles. The highest BCUT2D eigenvalue weighted by Crippen LogP contribution is 2.36. The van der Waals surface area contributed by atoms with Crippen LogP contribution in [-0.2, 0) is 48.1 Å². The molecule has 3 rings (SSSR count). The minimum absolute atomic E-state index is 0.130. The van der Waals surface area contributed by atoms with Crippen molar-refractivity contribution in [1.82, 2.24) is 9.84 Å². The molecule has 174 valence electrons. The van der Waals surface area contributed by atoms with Gasteiger partial charge in [0.25, 0.3) is 15.9 Å². The Balaban J connectivity index is 2.00. The van der Waals surface area contributed by atoms with Crippen molar-refractivity contribution in [3.05, 3.63) is 29.8 Å². The molecule has 5 atom stereocenters. The molecule has 2 bridgehead atoms. The number of fused-ring (bicyclic) bond motifs is 2. The minimum atomic E-state index is -4.25. The lowest BCUT2D eigenvalue weighted by Crippen LogP contribution is -2.60. The Morgan fingerprint density at radius 1 is 0.906 bits per heavy atom. The number of sulfonamides is 1. The third-order valence-electron chi connectivity index (χ3n) is 4.70. The number of hydrogen-bond acceptors (Lipinski definition) is 10. The molecule has 1 N–H and O–H groups in total. The fourth-order valence-corrected chi connectivity index (χ4v) is 4.51. The molecule has 13 heteroatoms. The van der Waals surface area contributed by atoms with Crippen LogP contribution in [0.2, 0.25) is 0 Å². The number of esters is 3. The molecule has 0 saturated carbocycles. The Hall–Kier alpha value is -3.03. The maximum Gasteiger partial charge on any atom is 0.303 e. The van der Waals surface area contributed by atoms with Gasteiger partial charge in [-0.3, -0.25) is 19.2 Å². The van der Waals surface area contributed by atoms with Crippen molar-refractivity contribution in [2.24, 2.45) is 0 Å². The summed E-state index contributed by atoms with van der Waals surface area (Å²) >= 11 is 0. The van der Waals surface area contributed by atoms with Crippen molar-refractivity contribution in [1.29, 1.82) is 0 Å². The average Bonchev–Trinajstić information content (AvgIpc) is 2.95. The zero-order valence-electron chi connectivity index (χ0n) is 17.6. The highest BCUT2D eigenvalue weighted by atomic mass is 32.2. The van der Waals surface area contributed by atoms with E-state index >= 15 is 0 Å². The molecule has 0 spiro atoms. The molecule has 3 unspecified atom stereocenters. The molecular formula is C19H22N2O10S. The Kier molecular flexibility index (Phi) is 6.53. The van der Waals surface area contributed by atoms with Gasteiger partial charge in [-0.15, -0.1) is 4.83 Å². The standard InChI is InChI=1S/C19H22N2O10S/c1-9-5-7-13(8-6-9)32(26,27)20-21-18(25)16-14(28-10(2)22)15(29-11(3)23)17(19(21)31-16)30-12(4)24/h5-8,14-17,19-20H,1-4H3/t14-,15?,16?,17?,19+/m0/s1. The number of hydrogen-bond donors (Lipinski definition) is 1. The monoisotopic (exact) mass is 470 g/mol. The summed E-state index contributed by atoms with van der Waals surface area (Å²) < 4.78 is 46.8. The van der Waals surface area contributed by atoms with Gasteiger partial charge < -0.3 is 18.9 Å². The van der Waals surface area contributed by atoms with Gasteiger partial charge in [0.2, 0.25) is 0 Å². The van der Waals surface area contributed by atoms with Gasteiger partial charge in [0, 0.05) is 20.8 Å². The maximum absolute atomic E-state index is 13.0. The summed E-state index contributed by atoms with van der Waals surface area (Å²) in [5.41, 5.74) is 0.823. The fourth-order valence-electron chi connectivity index (χ4n) is 3.46. The molecule has 2 aliphatic rings. The highest BCUT2D eigenvalue weighted by Gasteiger charge is 2.63. The predicted octanol–water partition coefficient (Wildman–Crippen LogP) is -0.449. The second-order valence-corrected chi connectivity index (χ2v) is 8.95. The maximum atomic E-state index is 13.0. The molecule has 2 fully saturated rings. The SMILES string of the molecule is CC(=O)OC1C(OC(C)=O)[C@H]2OC(C(=O)N2NS(=O)(=O)c2ccc(C)cc2)[C@H]1OC(C)=O. The van der Waals surface area contributed by atoms with E-state index in [2.05, 4.69) is 4.83 Å². The molecule has 12 nitrogen and oxygen atoms in total. The molecule has 2 saturated heterocycles. The van der Waals surface area contributed by atoms with Crippen molar-refractivity contribution in [2.75, 3.05) is 0 Å². The number of nitrogens with zero attached hydrogens (tertiary/aromatic N) is 1. The largest absolute Gasteiger partial charge is 0.455 e. The van der Waals surface area contributed by atoms with Crippen LogP contribution in [0.4, 0.5) is 0 Å². The average molecular weight is 470 g/mol. The third kappa shape index (κ3) is 4.74. The molecule has 1 aromatic carbocycles. The fraction of sp³-hybridized carbons (Fsp3) is 0.474. The van der Waals surface area contributed by atoms with Gasteiger partial charge in [-0.1, -0.05) is 17.7 Å². The molecule has 0 aromatic heterocycles. The topological polar surface area (TPSA) is 155 Å². The quantitative estimate of drug-likeness (QED) is 0.427. The lowest BCUT2D eigenvalue weighted by Gasteiger charge is -2.39. The van der Waals surface area contributed by atoms with Crippen molar-refractivity contribution < 1.29 is 46.5 Å². The van der Waals surface area contributed by atoms with Gasteiger partial charge in [0.15, 0.2) is 30.6 Å². The van der Waals surface area contributed by atoms with Gasteiger partial charge in [0.05, 0.1) is 4.90 Å². The Morgan fingerprint density at radius 3 is 1.94 bits per heavy atom. The Bertz CT molecular complexity index is 1040. The number of amides is 1. The summed E-state index contributed by atoms with van der Waals surface area (Å²) in [6.45, 7) is 4.98. The summed E-state index contributed by atoms with van der Waals surface area (Å²) in [4.78, 5) is 50.0. The molecule has 32 heavy (non-hydrogen) atoms. The van der Waals surface area contributed by atoms with E-state index in [4.69, 9.17) is 18.9 Å². The smallest absolute Gasteiger partial charge is 0.303 e. The van der Waals surface area contributed by atoms with Crippen LogP contribution in [0.5, 0.6) is 0 Å². The van der Waals surface area contributed by atoms with Crippen LogP contribution in [0.25, 0.3) is 0 Å². The second kappa shape index (κ2) is 8.84. The summed E-state index contributed by atoms with van der Waals surface area (Å²) in [7, 11) is -4.25. The van der Waals surface area contributed by atoms with Crippen molar-refractivity contribution in [3.8, 4) is 0 Å². The van der Waals surface area contributed by atoms with E-state index in [1.807, 2.05) is 0 Å². The summed E-state index contributed by atoms with van der Waals surface area (Å²) in [6, 6.07) is 5.84.